The van der Waals surface area contributed by atoms with Crippen LogP contribution in [0.5, 0.6) is 5.75 Å². The van der Waals surface area contributed by atoms with E-state index in [1.165, 1.54) is 7.11 Å². The van der Waals surface area contributed by atoms with Crippen molar-refractivity contribution in [3.8, 4) is 11.4 Å². The number of amides is 1. The quantitative estimate of drug-likeness (QED) is 0.857. The lowest BCUT2D eigenvalue weighted by molar-refractivity contribution is -0.139. The van der Waals surface area contributed by atoms with Gasteiger partial charge in [-0.25, -0.2) is 0 Å². The number of nitrogens with zero attached hydrogens (tertiary/aromatic N) is 1. The number of rotatable bonds is 5. The fourth-order valence-corrected chi connectivity index (χ4v) is 2.50. The van der Waals surface area contributed by atoms with E-state index in [9.17, 15) is 9.59 Å². The Morgan fingerprint density at radius 1 is 1.17 bits per heavy atom. The molecule has 0 saturated heterocycles. The van der Waals surface area contributed by atoms with E-state index in [2.05, 4.69) is 10.1 Å². The van der Waals surface area contributed by atoms with Crippen molar-refractivity contribution in [1.29, 1.82) is 0 Å². The Bertz CT molecular complexity index is 734. The molecule has 1 N–H and O–H groups in total. The molecule has 1 amide bonds. The molecular weight excluding hydrogens is 296 g/mol. The Hall–Kier alpha value is -2.76. The Kier molecular flexibility index (Phi) is 5.05. The normalized spacial score (nSPS) is 10.3. The highest BCUT2D eigenvalue weighted by Gasteiger charge is 2.18. The van der Waals surface area contributed by atoms with Gasteiger partial charge in [0, 0.05) is 11.4 Å². The third kappa shape index (κ3) is 3.36. The highest BCUT2D eigenvalue weighted by atomic mass is 16.5. The van der Waals surface area contributed by atoms with E-state index >= 15 is 0 Å². The Morgan fingerprint density at radius 2 is 1.87 bits per heavy atom. The van der Waals surface area contributed by atoms with Crippen molar-refractivity contribution in [2.24, 2.45) is 0 Å². The van der Waals surface area contributed by atoms with Crippen molar-refractivity contribution in [3.05, 3.63) is 47.3 Å². The summed E-state index contributed by atoms with van der Waals surface area (Å²) in [6.45, 7) is 3.61. The van der Waals surface area contributed by atoms with Crippen LogP contribution in [0, 0.1) is 13.8 Å². The van der Waals surface area contributed by atoms with Crippen LogP contribution in [0.15, 0.2) is 30.3 Å². The van der Waals surface area contributed by atoms with E-state index in [0.29, 0.717) is 5.56 Å². The maximum Gasteiger partial charge on any atom is 0.325 e. The molecule has 0 aliphatic rings. The Morgan fingerprint density at radius 3 is 2.52 bits per heavy atom. The van der Waals surface area contributed by atoms with E-state index in [0.717, 1.165) is 22.8 Å². The maximum atomic E-state index is 12.3. The predicted octanol–water partition coefficient (Wildman–Crippen LogP) is 2.01. The van der Waals surface area contributed by atoms with E-state index < -0.39 is 5.97 Å². The van der Waals surface area contributed by atoms with Crippen LogP contribution in [0.1, 0.15) is 21.7 Å². The summed E-state index contributed by atoms with van der Waals surface area (Å²) in [4.78, 5) is 23.4. The molecule has 122 valence electrons. The molecule has 23 heavy (non-hydrogen) atoms. The second-order valence-electron chi connectivity index (χ2n) is 5.05. The number of carbonyl (C=O) groups is 2. The largest absolute Gasteiger partial charge is 0.495 e. The topological polar surface area (TPSA) is 69.6 Å². The first kappa shape index (κ1) is 16.6. The molecule has 0 unspecified atom stereocenters. The number of hydrogen-bond acceptors (Lipinski definition) is 4. The van der Waals surface area contributed by atoms with Crippen LogP contribution in [-0.4, -0.2) is 37.2 Å². The summed E-state index contributed by atoms with van der Waals surface area (Å²) in [6.07, 6.45) is 0. The summed E-state index contributed by atoms with van der Waals surface area (Å²) in [5.74, 6) is -0.0858. The van der Waals surface area contributed by atoms with Crippen LogP contribution in [0.2, 0.25) is 0 Å². The number of para-hydroxylation sites is 2. The summed E-state index contributed by atoms with van der Waals surface area (Å²) in [7, 11) is 2.89. The lowest BCUT2D eigenvalue weighted by Crippen LogP contribution is -2.30. The molecule has 0 aliphatic carbocycles. The lowest BCUT2D eigenvalue weighted by Gasteiger charge is -2.13. The molecule has 1 heterocycles. The first-order valence-corrected chi connectivity index (χ1v) is 7.17. The van der Waals surface area contributed by atoms with E-state index in [1.807, 2.05) is 42.7 Å². The molecule has 0 saturated carbocycles. The lowest BCUT2D eigenvalue weighted by atomic mass is 10.2. The fourth-order valence-electron chi connectivity index (χ4n) is 2.50. The van der Waals surface area contributed by atoms with Gasteiger partial charge in [-0.2, -0.15) is 0 Å². The minimum absolute atomic E-state index is 0.159. The van der Waals surface area contributed by atoms with Crippen molar-refractivity contribution in [2.45, 2.75) is 13.8 Å². The highest BCUT2D eigenvalue weighted by molar-refractivity contribution is 5.97. The second-order valence-corrected chi connectivity index (χ2v) is 5.05. The van der Waals surface area contributed by atoms with Gasteiger partial charge in [0.15, 0.2) is 0 Å². The number of nitrogens with one attached hydrogen (secondary N) is 1. The second kappa shape index (κ2) is 7.00. The number of hydrogen-bond donors (Lipinski definition) is 1. The third-order valence-electron chi connectivity index (χ3n) is 3.62. The molecule has 2 rings (SSSR count). The number of methoxy groups -OCH3 is 2. The van der Waals surface area contributed by atoms with Gasteiger partial charge in [-0.15, -0.1) is 0 Å². The van der Waals surface area contributed by atoms with Gasteiger partial charge in [-0.05, 0) is 32.0 Å². The first-order chi connectivity index (χ1) is 11.0. The van der Waals surface area contributed by atoms with Crippen LogP contribution in [0.25, 0.3) is 5.69 Å². The minimum atomic E-state index is -0.489. The van der Waals surface area contributed by atoms with Crippen LogP contribution in [0.4, 0.5) is 0 Å². The number of benzene rings is 1. The number of carbonyl (C=O) groups excluding carboxylic acids is 2. The van der Waals surface area contributed by atoms with Crippen molar-refractivity contribution < 1.29 is 19.1 Å². The minimum Gasteiger partial charge on any atom is -0.495 e. The molecule has 0 spiro atoms. The number of esters is 1. The standard InChI is InChI=1S/C17H20N2O4/c1-11-9-13(17(21)18-10-16(20)23-4)12(2)19(11)14-7-5-6-8-15(14)22-3/h5-9H,10H2,1-4H3,(H,18,21). The summed E-state index contributed by atoms with van der Waals surface area (Å²) >= 11 is 0. The molecule has 1 aromatic carbocycles. The summed E-state index contributed by atoms with van der Waals surface area (Å²) in [5, 5.41) is 2.55. The third-order valence-corrected chi connectivity index (χ3v) is 3.62. The SMILES string of the molecule is COC(=O)CNC(=O)c1cc(C)n(-c2ccccc2OC)c1C. The van der Waals surface area contributed by atoms with Gasteiger partial charge in [-0.3, -0.25) is 9.59 Å². The summed E-state index contributed by atoms with van der Waals surface area (Å²) in [5.41, 5.74) is 3.04. The van der Waals surface area contributed by atoms with E-state index in [-0.39, 0.29) is 12.5 Å². The predicted molar refractivity (Wildman–Crippen MR) is 86.1 cm³/mol. The van der Waals surface area contributed by atoms with Crippen molar-refractivity contribution in [3.63, 3.8) is 0 Å². The van der Waals surface area contributed by atoms with Crippen LogP contribution in [0.3, 0.4) is 0 Å². The Balaban J connectivity index is 2.36. The monoisotopic (exact) mass is 316 g/mol. The van der Waals surface area contributed by atoms with Gasteiger partial charge < -0.3 is 19.4 Å². The zero-order chi connectivity index (χ0) is 17.0. The smallest absolute Gasteiger partial charge is 0.325 e. The zero-order valence-corrected chi connectivity index (χ0v) is 13.7. The van der Waals surface area contributed by atoms with E-state index in [4.69, 9.17) is 4.74 Å². The first-order valence-electron chi connectivity index (χ1n) is 7.17. The fraction of sp³-hybridized carbons (Fsp3) is 0.294. The molecule has 0 radical (unpaired) electrons. The average molecular weight is 316 g/mol. The van der Waals surface area contributed by atoms with Gasteiger partial charge in [-0.1, -0.05) is 12.1 Å². The molecule has 0 fully saturated rings. The summed E-state index contributed by atoms with van der Waals surface area (Å²) in [6, 6.07) is 9.38. The van der Waals surface area contributed by atoms with Gasteiger partial charge in [0.05, 0.1) is 25.5 Å². The van der Waals surface area contributed by atoms with Gasteiger partial charge in [0.2, 0.25) is 0 Å². The molecule has 0 atom stereocenters. The molecule has 0 bridgehead atoms. The maximum absolute atomic E-state index is 12.3. The highest BCUT2D eigenvalue weighted by Crippen LogP contribution is 2.27. The zero-order valence-electron chi connectivity index (χ0n) is 13.7. The van der Waals surface area contributed by atoms with E-state index in [1.54, 1.807) is 13.2 Å². The van der Waals surface area contributed by atoms with Gasteiger partial charge in [0.25, 0.3) is 5.91 Å². The van der Waals surface area contributed by atoms with Crippen molar-refractivity contribution >= 4 is 11.9 Å². The van der Waals surface area contributed by atoms with Crippen molar-refractivity contribution in [2.75, 3.05) is 20.8 Å². The number of ether oxygens (including phenoxy) is 2. The number of aromatic nitrogens is 1. The molecule has 6 heteroatoms. The van der Waals surface area contributed by atoms with Gasteiger partial charge in [0.1, 0.15) is 12.3 Å². The van der Waals surface area contributed by atoms with Crippen LogP contribution >= 0.6 is 0 Å². The molecule has 6 nitrogen and oxygen atoms in total. The molecule has 0 aliphatic heterocycles. The summed E-state index contributed by atoms with van der Waals surface area (Å²) < 4.78 is 11.9. The number of aryl methyl sites for hydroxylation is 1. The van der Waals surface area contributed by atoms with Gasteiger partial charge >= 0.3 is 5.97 Å². The van der Waals surface area contributed by atoms with Crippen molar-refractivity contribution in [1.82, 2.24) is 9.88 Å². The Labute approximate surface area is 135 Å². The molecular formula is C17H20N2O4. The average Bonchev–Trinajstić information content (AvgIpc) is 2.86. The van der Waals surface area contributed by atoms with Crippen LogP contribution < -0.4 is 10.1 Å². The molecule has 1 aromatic heterocycles. The molecule has 2 aromatic rings. The van der Waals surface area contributed by atoms with Crippen LogP contribution in [-0.2, 0) is 9.53 Å².